The minimum atomic E-state index is -0.444. The summed E-state index contributed by atoms with van der Waals surface area (Å²) in [6, 6.07) is 13.7. The van der Waals surface area contributed by atoms with Gasteiger partial charge >= 0.3 is 0 Å². The number of hydrogen-bond acceptors (Lipinski definition) is 3. The quantitative estimate of drug-likeness (QED) is 0.865. The van der Waals surface area contributed by atoms with Gasteiger partial charge in [-0.05, 0) is 18.4 Å². The molecule has 1 aliphatic rings. The van der Waals surface area contributed by atoms with E-state index in [0.717, 1.165) is 16.5 Å². The molecule has 0 unspecified atom stereocenters. The van der Waals surface area contributed by atoms with Crippen molar-refractivity contribution >= 4 is 34.2 Å². The second-order valence-corrected chi connectivity index (χ2v) is 6.07. The summed E-state index contributed by atoms with van der Waals surface area (Å²) in [4.78, 5) is 37.8. The predicted octanol–water partition coefficient (Wildman–Crippen LogP) is 1.44. The van der Waals surface area contributed by atoms with Gasteiger partial charge in [0.15, 0.2) is 0 Å². The van der Waals surface area contributed by atoms with Crippen molar-refractivity contribution in [3.05, 3.63) is 42.5 Å². The molecular weight excluding hydrogens is 318 g/mol. The standard InChI is InChI=1S/C19H21N3O3/c1-2-20-17(23)11-21-19(25)14-10-18(24)22(12-14)16-9-5-7-13-6-3-4-8-15(13)16/h3-9,14H,2,10-12H2,1H3,(H,20,23)(H,21,25)/t14-/m0/s1. The van der Waals surface area contributed by atoms with E-state index in [1.165, 1.54) is 0 Å². The molecule has 1 heterocycles. The molecule has 3 amide bonds. The number of rotatable bonds is 5. The highest BCUT2D eigenvalue weighted by Crippen LogP contribution is 2.31. The van der Waals surface area contributed by atoms with Crippen LogP contribution in [0.2, 0.25) is 0 Å². The smallest absolute Gasteiger partial charge is 0.239 e. The van der Waals surface area contributed by atoms with Crippen molar-refractivity contribution in [1.29, 1.82) is 0 Å². The van der Waals surface area contributed by atoms with Gasteiger partial charge in [-0.1, -0.05) is 36.4 Å². The molecule has 1 saturated heterocycles. The summed E-state index contributed by atoms with van der Waals surface area (Å²) < 4.78 is 0. The molecule has 0 bridgehead atoms. The lowest BCUT2D eigenvalue weighted by Crippen LogP contribution is -2.40. The Morgan fingerprint density at radius 2 is 1.88 bits per heavy atom. The zero-order valence-corrected chi connectivity index (χ0v) is 14.1. The maximum absolute atomic E-state index is 12.4. The fourth-order valence-corrected chi connectivity index (χ4v) is 3.13. The van der Waals surface area contributed by atoms with Crippen molar-refractivity contribution in [2.75, 3.05) is 24.5 Å². The first-order valence-corrected chi connectivity index (χ1v) is 8.42. The minimum absolute atomic E-state index is 0.0639. The van der Waals surface area contributed by atoms with E-state index in [1.807, 2.05) is 49.4 Å². The van der Waals surface area contributed by atoms with Crippen LogP contribution < -0.4 is 15.5 Å². The molecule has 1 fully saturated rings. The van der Waals surface area contributed by atoms with Gasteiger partial charge in [0.2, 0.25) is 17.7 Å². The van der Waals surface area contributed by atoms with Gasteiger partial charge in [0, 0.05) is 24.9 Å². The molecule has 25 heavy (non-hydrogen) atoms. The average molecular weight is 339 g/mol. The van der Waals surface area contributed by atoms with Crippen LogP contribution in [0.25, 0.3) is 10.8 Å². The highest BCUT2D eigenvalue weighted by Gasteiger charge is 2.35. The van der Waals surface area contributed by atoms with Gasteiger partial charge < -0.3 is 15.5 Å². The van der Waals surface area contributed by atoms with Crippen molar-refractivity contribution in [3.8, 4) is 0 Å². The lowest BCUT2D eigenvalue weighted by atomic mass is 10.1. The molecule has 6 heteroatoms. The molecule has 1 atom stereocenters. The maximum Gasteiger partial charge on any atom is 0.239 e. The first-order valence-electron chi connectivity index (χ1n) is 8.42. The summed E-state index contributed by atoms with van der Waals surface area (Å²) in [5.74, 6) is -1.01. The fourth-order valence-electron chi connectivity index (χ4n) is 3.13. The molecule has 0 spiro atoms. The summed E-state index contributed by atoms with van der Waals surface area (Å²) in [6.07, 6.45) is 0.157. The number of hydrogen-bond donors (Lipinski definition) is 2. The van der Waals surface area contributed by atoms with E-state index < -0.39 is 5.92 Å². The summed E-state index contributed by atoms with van der Waals surface area (Å²) in [6.45, 7) is 2.60. The molecule has 2 N–H and O–H groups in total. The Balaban J connectivity index is 1.72. The Morgan fingerprint density at radius 1 is 1.12 bits per heavy atom. The van der Waals surface area contributed by atoms with Gasteiger partial charge in [-0.15, -0.1) is 0 Å². The van der Waals surface area contributed by atoms with Crippen LogP contribution in [0.1, 0.15) is 13.3 Å². The highest BCUT2D eigenvalue weighted by molar-refractivity contribution is 6.07. The first-order chi connectivity index (χ1) is 12.1. The topological polar surface area (TPSA) is 78.5 Å². The van der Waals surface area contributed by atoms with Gasteiger partial charge in [-0.3, -0.25) is 14.4 Å². The molecule has 0 aliphatic carbocycles. The lowest BCUT2D eigenvalue weighted by molar-refractivity contribution is -0.128. The minimum Gasteiger partial charge on any atom is -0.355 e. The zero-order chi connectivity index (χ0) is 17.8. The van der Waals surface area contributed by atoms with E-state index in [4.69, 9.17) is 0 Å². The number of amides is 3. The zero-order valence-electron chi connectivity index (χ0n) is 14.1. The third kappa shape index (κ3) is 3.63. The van der Waals surface area contributed by atoms with Crippen molar-refractivity contribution < 1.29 is 14.4 Å². The van der Waals surface area contributed by atoms with Gasteiger partial charge in [-0.25, -0.2) is 0 Å². The van der Waals surface area contributed by atoms with Crippen molar-refractivity contribution in [3.63, 3.8) is 0 Å². The first kappa shape index (κ1) is 17.0. The normalized spacial score (nSPS) is 16.9. The Morgan fingerprint density at radius 3 is 2.68 bits per heavy atom. The number of nitrogens with zero attached hydrogens (tertiary/aromatic N) is 1. The Labute approximate surface area is 146 Å². The van der Waals surface area contributed by atoms with Crippen molar-refractivity contribution in [2.45, 2.75) is 13.3 Å². The van der Waals surface area contributed by atoms with Crippen LogP contribution in [0, 0.1) is 5.92 Å². The molecule has 0 radical (unpaired) electrons. The highest BCUT2D eigenvalue weighted by atomic mass is 16.2. The largest absolute Gasteiger partial charge is 0.355 e. The Hall–Kier alpha value is -2.89. The molecule has 0 saturated carbocycles. The number of carbonyl (C=O) groups excluding carboxylic acids is 3. The average Bonchev–Trinajstić information content (AvgIpc) is 3.01. The number of carbonyl (C=O) groups is 3. The summed E-state index contributed by atoms with van der Waals surface area (Å²) in [5, 5.41) is 7.27. The number of anilines is 1. The van der Waals surface area contributed by atoms with E-state index in [2.05, 4.69) is 10.6 Å². The van der Waals surface area contributed by atoms with E-state index in [0.29, 0.717) is 13.1 Å². The summed E-state index contributed by atoms with van der Waals surface area (Å²) in [5.41, 5.74) is 0.821. The van der Waals surface area contributed by atoms with Gasteiger partial charge in [-0.2, -0.15) is 0 Å². The monoisotopic (exact) mass is 339 g/mol. The number of benzene rings is 2. The molecular formula is C19H21N3O3. The molecule has 2 aromatic carbocycles. The van der Waals surface area contributed by atoms with Gasteiger partial charge in [0.1, 0.15) is 0 Å². The van der Waals surface area contributed by atoms with Crippen LogP contribution in [-0.4, -0.2) is 37.4 Å². The SMILES string of the molecule is CCNC(=O)CNC(=O)[C@H]1CC(=O)N(c2cccc3ccccc23)C1. The summed E-state index contributed by atoms with van der Waals surface area (Å²) in [7, 11) is 0. The Bertz CT molecular complexity index is 813. The molecule has 6 nitrogen and oxygen atoms in total. The maximum atomic E-state index is 12.4. The van der Waals surface area contributed by atoms with Gasteiger partial charge in [0.25, 0.3) is 0 Å². The van der Waals surface area contributed by atoms with E-state index in [-0.39, 0.29) is 30.7 Å². The fraction of sp³-hybridized carbons (Fsp3) is 0.316. The Kier molecular flexibility index (Phi) is 4.97. The molecule has 3 rings (SSSR count). The lowest BCUT2D eigenvalue weighted by Gasteiger charge is -2.19. The predicted molar refractivity (Wildman–Crippen MR) is 96.1 cm³/mol. The number of likely N-dealkylation sites (N-methyl/N-ethyl adjacent to an activating group) is 1. The number of fused-ring (bicyclic) bond motifs is 1. The van der Waals surface area contributed by atoms with Crippen LogP contribution in [0.5, 0.6) is 0 Å². The van der Waals surface area contributed by atoms with Crippen molar-refractivity contribution in [1.82, 2.24) is 10.6 Å². The van der Waals surface area contributed by atoms with E-state index >= 15 is 0 Å². The third-order valence-electron chi connectivity index (χ3n) is 4.35. The van der Waals surface area contributed by atoms with E-state index in [1.54, 1.807) is 4.90 Å². The summed E-state index contributed by atoms with van der Waals surface area (Å²) >= 11 is 0. The van der Waals surface area contributed by atoms with Crippen LogP contribution in [0.15, 0.2) is 42.5 Å². The van der Waals surface area contributed by atoms with Gasteiger partial charge in [0.05, 0.1) is 18.2 Å². The van der Waals surface area contributed by atoms with Crippen LogP contribution in [0.4, 0.5) is 5.69 Å². The molecule has 0 aromatic heterocycles. The number of nitrogens with one attached hydrogen (secondary N) is 2. The van der Waals surface area contributed by atoms with Crippen LogP contribution >= 0.6 is 0 Å². The van der Waals surface area contributed by atoms with Crippen LogP contribution in [-0.2, 0) is 14.4 Å². The second-order valence-electron chi connectivity index (χ2n) is 6.07. The molecule has 2 aromatic rings. The molecule has 1 aliphatic heterocycles. The third-order valence-corrected chi connectivity index (χ3v) is 4.35. The van der Waals surface area contributed by atoms with E-state index in [9.17, 15) is 14.4 Å². The van der Waals surface area contributed by atoms with Crippen LogP contribution in [0.3, 0.4) is 0 Å². The molecule has 130 valence electrons. The van der Waals surface area contributed by atoms with Crippen molar-refractivity contribution in [2.24, 2.45) is 5.92 Å². The second kappa shape index (κ2) is 7.34.